The van der Waals surface area contributed by atoms with E-state index < -0.39 is 12.0 Å². The van der Waals surface area contributed by atoms with Crippen molar-refractivity contribution < 1.29 is 19.1 Å². The van der Waals surface area contributed by atoms with Crippen LogP contribution in [0.5, 0.6) is 5.75 Å². The Morgan fingerprint density at radius 2 is 1.60 bits per heavy atom. The van der Waals surface area contributed by atoms with Crippen LogP contribution in [0.3, 0.4) is 0 Å². The van der Waals surface area contributed by atoms with Crippen molar-refractivity contribution in [2.24, 2.45) is 0 Å². The second kappa shape index (κ2) is 7.76. The Morgan fingerprint density at radius 1 is 0.933 bits per heavy atom. The van der Waals surface area contributed by atoms with Crippen LogP contribution >= 0.6 is 11.6 Å². The predicted molar refractivity (Wildman–Crippen MR) is 115 cm³/mol. The first-order chi connectivity index (χ1) is 14.4. The molecule has 0 saturated heterocycles. The average Bonchev–Trinajstić information content (AvgIpc) is 2.73. The van der Waals surface area contributed by atoms with Crippen molar-refractivity contribution >= 4 is 34.8 Å². The smallest absolute Gasteiger partial charge is 0.265 e. The summed E-state index contributed by atoms with van der Waals surface area (Å²) in [7, 11) is 0. The molecule has 0 radical (unpaired) electrons. The zero-order valence-corrected chi connectivity index (χ0v) is 17.1. The first kappa shape index (κ1) is 19.9. The van der Waals surface area contributed by atoms with Gasteiger partial charge in [-0.15, -0.1) is 0 Å². The van der Waals surface area contributed by atoms with Crippen molar-refractivity contribution in [3.8, 4) is 5.75 Å². The normalized spacial score (nSPS) is 13.3. The quantitative estimate of drug-likeness (QED) is 0.514. The topological polar surface area (TPSA) is 72.5 Å². The van der Waals surface area contributed by atoms with E-state index in [9.17, 15) is 14.4 Å². The summed E-state index contributed by atoms with van der Waals surface area (Å²) in [6, 6.07) is 16.7. The first-order valence-electron chi connectivity index (χ1n) is 9.42. The minimum absolute atomic E-state index is 0.199. The lowest BCUT2D eigenvalue weighted by molar-refractivity contribution is -0.122. The second-order valence-electron chi connectivity index (χ2n) is 7.09. The zero-order valence-electron chi connectivity index (χ0n) is 16.4. The molecule has 0 bridgehead atoms. The molecule has 1 amide bonds. The molecule has 0 fully saturated rings. The number of aryl methyl sites for hydroxylation is 1. The average molecular weight is 420 g/mol. The number of benzene rings is 3. The van der Waals surface area contributed by atoms with Gasteiger partial charge in [0.05, 0.1) is 11.3 Å². The highest BCUT2D eigenvalue weighted by Gasteiger charge is 2.32. The maximum absolute atomic E-state index is 13.0. The van der Waals surface area contributed by atoms with Gasteiger partial charge in [0, 0.05) is 21.7 Å². The Bertz CT molecular complexity index is 1200. The van der Waals surface area contributed by atoms with E-state index in [1.165, 1.54) is 0 Å². The van der Waals surface area contributed by atoms with Crippen LogP contribution in [0.15, 0.2) is 60.7 Å². The van der Waals surface area contributed by atoms with Crippen molar-refractivity contribution in [3.63, 3.8) is 0 Å². The molecule has 0 heterocycles. The number of fused-ring (bicyclic) bond motifs is 2. The zero-order chi connectivity index (χ0) is 21.4. The van der Waals surface area contributed by atoms with Crippen LogP contribution in [0.2, 0.25) is 5.02 Å². The van der Waals surface area contributed by atoms with E-state index in [2.05, 4.69) is 5.32 Å². The van der Waals surface area contributed by atoms with Gasteiger partial charge in [0.2, 0.25) is 0 Å². The molecule has 1 aliphatic carbocycles. The number of carbonyl (C=O) groups excluding carboxylic acids is 3. The molecule has 30 heavy (non-hydrogen) atoms. The van der Waals surface area contributed by atoms with Gasteiger partial charge < -0.3 is 10.1 Å². The summed E-state index contributed by atoms with van der Waals surface area (Å²) in [5.41, 5.74) is 2.26. The Labute approximate surface area is 178 Å². The molecule has 1 unspecified atom stereocenters. The maximum atomic E-state index is 13.0. The molecule has 150 valence electrons. The first-order valence-corrected chi connectivity index (χ1v) is 9.79. The predicted octanol–water partition coefficient (Wildman–Crippen LogP) is 4.83. The molecule has 0 saturated carbocycles. The highest BCUT2D eigenvalue weighted by atomic mass is 35.5. The van der Waals surface area contributed by atoms with Crippen LogP contribution in [0.1, 0.15) is 44.3 Å². The molecule has 0 spiro atoms. The van der Waals surface area contributed by atoms with Crippen LogP contribution in [0.4, 0.5) is 5.69 Å². The van der Waals surface area contributed by atoms with Crippen molar-refractivity contribution in [1.82, 2.24) is 0 Å². The summed E-state index contributed by atoms with van der Waals surface area (Å²) >= 11 is 5.96. The van der Waals surface area contributed by atoms with Crippen LogP contribution in [-0.4, -0.2) is 23.6 Å². The monoisotopic (exact) mass is 419 g/mol. The standard InChI is InChI=1S/C24H18ClNO4/c1-13-12-15(25)10-11-20(13)30-14(2)24(29)26-19-9-5-8-18-21(19)23(28)17-7-4-3-6-16(17)22(18)27/h3-12,14H,1-2H3,(H,26,29). The summed E-state index contributed by atoms with van der Waals surface area (Å²) in [5, 5.41) is 3.32. The van der Waals surface area contributed by atoms with Gasteiger partial charge in [0.1, 0.15) is 5.75 Å². The number of carbonyl (C=O) groups is 3. The number of nitrogens with one attached hydrogen (secondary N) is 1. The largest absolute Gasteiger partial charge is 0.481 e. The second-order valence-corrected chi connectivity index (χ2v) is 7.53. The number of ketones is 2. The van der Waals surface area contributed by atoms with Gasteiger partial charge in [-0.3, -0.25) is 14.4 Å². The number of anilines is 1. The van der Waals surface area contributed by atoms with E-state index in [0.29, 0.717) is 21.9 Å². The van der Waals surface area contributed by atoms with E-state index in [4.69, 9.17) is 16.3 Å². The molecule has 3 aromatic carbocycles. The van der Waals surface area contributed by atoms with Crippen molar-refractivity contribution in [2.45, 2.75) is 20.0 Å². The lowest BCUT2D eigenvalue weighted by Crippen LogP contribution is -2.32. The number of hydrogen-bond acceptors (Lipinski definition) is 4. The van der Waals surface area contributed by atoms with Gasteiger partial charge in [0.25, 0.3) is 5.91 Å². The Hall–Kier alpha value is -3.44. The molecule has 5 nitrogen and oxygen atoms in total. The van der Waals surface area contributed by atoms with E-state index in [-0.39, 0.29) is 28.4 Å². The number of halogens is 1. The fourth-order valence-corrected chi connectivity index (χ4v) is 3.70. The summed E-state index contributed by atoms with van der Waals surface area (Å²) < 4.78 is 5.76. The fraction of sp³-hybridized carbons (Fsp3) is 0.125. The molecule has 6 heteroatoms. The van der Waals surface area contributed by atoms with Gasteiger partial charge in [-0.1, -0.05) is 48.0 Å². The number of ether oxygens (including phenoxy) is 1. The highest BCUT2D eigenvalue weighted by molar-refractivity contribution is 6.31. The van der Waals surface area contributed by atoms with Gasteiger partial charge in [-0.05, 0) is 43.7 Å². The van der Waals surface area contributed by atoms with Crippen LogP contribution < -0.4 is 10.1 Å². The van der Waals surface area contributed by atoms with E-state index in [1.807, 2.05) is 6.92 Å². The molecule has 3 aromatic rings. The van der Waals surface area contributed by atoms with Gasteiger partial charge in [-0.25, -0.2) is 0 Å². The van der Waals surface area contributed by atoms with Crippen molar-refractivity contribution in [3.05, 3.63) is 93.5 Å². The van der Waals surface area contributed by atoms with Gasteiger partial charge >= 0.3 is 0 Å². The number of amides is 1. The Balaban J connectivity index is 1.61. The summed E-state index contributed by atoms with van der Waals surface area (Å²) in [4.78, 5) is 38.6. The van der Waals surface area contributed by atoms with Crippen LogP contribution in [-0.2, 0) is 4.79 Å². The summed E-state index contributed by atoms with van der Waals surface area (Å²) in [6.45, 7) is 3.45. The maximum Gasteiger partial charge on any atom is 0.265 e. The minimum Gasteiger partial charge on any atom is -0.481 e. The number of hydrogen-bond donors (Lipinski definition) is 1. The SMILES string of the molecule is Cc1cc(Cl)ccc1OC(C)C(=O)Nc1cccc2c1C(=O)c1ccccc1C2=O. The van der Waals surface area contributed by atoms with E-state index >= 15 is 0 Å². The molecule has 1 atom stereocenters. The molecular formula is C24H18ClNO4. The summed E-state index contributed by atoms with van der Waals surface area (Å²) in [6.07, 6.45) is -0.831. The Kier molecular flexibility index (Phi) is 5.14. The molecule has 1 aliphatic rings. The van der Waals surface area contributed by atoms with Gasteiger partial charge in [0.15, 0.2) is 17.7 Å². The lowest BCUT2D eigenvalue weighted by Gasteiger charge is -2.21. The molecule has 0 aromatic heterocycles. The summed E-state index contributed by atoms with van der Waals surface area (Å²) in [5.74, 6) is -0.426. The third-order valence-corrected chi connectivity index (χ3v) is 5.26. The Morgan fingerprint density at radius 3 is 2.30 bits per heavy atom. The van der Waals surface area contributed by atoms with E-state index in [1.54, 1.807) is 67.6 Å². The number of rotatable bonds is 4. The molecule has 0 aliphatic heterocycles. The van der Waals surface area contributed by atoms with E-state index in [0.717, 1.165) is 5.56 Å². The molecular weight excluding hydrogens is 402 g/mol. The van der Waals surface area contributed by atoms with Crippen LogP contribution in [0.25, 0.3) is 0 Å². The third-order valence-electron chi connectivity index (χ3n) is 5.02. The van der Waals surface area contributed by atoms with Crippen LogP contribution in [0, 0.1) is 6.92 Å². The third kappa shape index (κ3) is 3.48. The minimum atomic E-state index is -0.831. The molecule has 4 rings (SSSR count). The van der Waals surface area contributed by atoms with Gasteiger partial charge in [-0.2, -0.15) is 0 Å². The van der Waals surface area contributed by atoms with Crippen molar-refractivity contribution in [1.29, 1.82) is 0 Å². The molecule has 1 N–H and O–H groups in total. The lowest BCUT2D eigenvalue weighted by atomic mass is 9.83. The van der Waals surface area contributed by atoms with Crippen molar-refractivity contribution in [2.75, 3.05) is 5.32 Å². The highest BCUT2D eigenvalue weighted by Crippen LogP contribution is 2.32. The fourth-order valence-electron chi connectivity index (χ4n) is 3.47.